The van der Waals surface area contributed by atoms with Crippen molar-refractivity contribution in [2.24, 2.45) is 0 Å². The van der Waals surface area contributed by atoms with Crippen LogP contribution in [0, 0.1) is 13.8 Å². The fraction of sp³-hybridized carbons (Fsp3) is 0.300. The van der Waals surface area contributed by atoms with Gasteiger partial charge in [0.2, 0.25) is 0 Å². The fourth-order valence-electron chi connectivity index (χ4n) is 2.35. The summed E-state index contributed by atoms with van der Waals surface area (Å²) in [6.07, 6.45) is 0. The van der Waals surface area contributed by atoms with Crippen molar-refractivity contribution in [1.82, 2.24) is 0 Å². The van der Waals surface area contributed by atoms with Gasteiger partial charge in [0.15, 0.2) is 0 Å². The van der Waals surface area contributed by atoms with Crippen molar-refractivity contribution in [3.63, 3.8) is 0 Å². The SMILES string of the molecule is CC(=O)Oc1ccc(C(=O)Oc2ccc(C(C)C)cc2C)cc1C. The molecule has 0 heterocycles. The second-order valence-electron chi connectivity index (χ2n) is 6.14. The van der Waals surface area contributed by atoms with E-state index in [1.807, 2.05) is 25.1 Å². The Kier molecular flexibility index (Phi) is 5.39. The van der Waals surface area contributed by atoms with Gasteiger partial charge in [0, 0.05) is 6.92 Å². The summed E-state index contributed by atoms with van der Waals surface area (Å²) in [6.45, 7) is 9.27. The lowest BCUT2D eigenvalue weighted by Gasteiger charge is -2.12. The monoisotopic (exact) mass is 326 g/mol. The number of ether oxygens (including phenoxy) is 2. The summed E-state index contributed by atoms with van der Waals surface area (Å²) in [4.78, 5) is 23.4. The first-order chi connectivity index (χ1) is 11.3. The van der Waals surface area contributed by atoms with Gasteiger partial charge in [-0.05, 0) is 60.7 Å². The first-order valence-corrected chi connectivity index (χ1v) is 7.89. The van der Waals surface area contributed by atoms with Gasteiger partial charge in [-0.2, -0.15) is 0 Å². The molecule has 0 aliphatic carbocycles. The molecular formula is C20H22O4. The second-order valence-corrected chi connectivity index (χ2v) is 6.14. The van der Waals surface area contributed by atoms with Crippen LogP contribution in [0.1, 0.15) is 53.7 Å². The van der Waals surface area contributed by atoms with Gasteiger partial charge in [-0.1, -0.05) is 26.0 Å². The predicted octanol–water partition coefficient (Wildman–Crippen LogP) is 4.57. The highest BCUT2D eigenvalue weighted by molar-refractivity contribution is 5.91. The van der Waals surface area contributed by atoms with Crippen molar-refractivity contribution in [2.45, 2.75) is 40.5 Å². The van der Waals surface area contributed by atoms with Crippen molar-refractivity contribution >= 4 is 11.9 Å². The Labute approximate surface area is 142 Å². The summed E-state index contributed by atoms with van der Waals surface area (Å²) < 4.78 is 10.6. The van der Waals surface area contributed by atoms with E-state index in [1.165, 1.54) is 12.5 Å². The number of hydrogen-bond acceptors (Lipinski definition) is 4. The molecule has 4 heteroatoms. The van der Waals surface area contributed by atoms with Crippen LogP contribution in [0.4, 0.5) is 0 Å². The quantitative estimate of drug-likeness (QED) is 0.610. The first-order valence-electron chi connectivity index (χ1n) is 7.89. The summed E-state index contributed by atoms with van der Waals surface area (Å²) in [6, 6.07) is 10.7. The van der Waals surface area contributed by atoms with Crippen molar-refractivity contribution in [1.29, 1.82) is 0 Å². The highest BCUT2D eigenvalue weighted by Gasteiger charge is 2.13. The molecule has 0 radical (unpaired) electrons. The molecule has 2 aromatic rings. The van der Waals surface area contributed by atoms with Gasteiger partial charge < -0.3 is 9.47 Å². The number of carbonyl (C=O) groups excluding carboxylic acids is 2. The van der Waals surface area contributed by atoms with Crippen LogP contribution < -0.4 is 9.47 Å². The molecule has 0 amide bonds. The third kappa shape index (κ3) is 4.22. The normalized spacial score (nSPS) is 10.6. The maximum atomic E-state index is 12.3. The summed E-state index contributed by atoms with van der Waals surface area (Å²) in [5.74, 6) is 0.578. The maximum Gasteiger partial charge on any atom is 0.343 e. The number of benzene rings is 2. The maximum absolute atomic E-state index is 12.3. The van der Waals surface area contributed by atoms with E-state index >= 15 is 0 Å². The molecule has 0 fully saturated rings. The minimum atomic E-state index is -0.437. The summed E-state index contributed by atoms with van der Waals surface area (Å²) in [7, 11) is 0. The molecule has 24 heavy (non-hydrogen) atoms. The van der Waals surface area contributed by atoms with Crippen molar-refractivity contribution in [3.05, 3.63) is 58.7 Å². The van der Waals surface area contributed by atoms with E-state index in [2.05, 4.69) is 13.8 Å². The molecule has 2 aromatic carbocycles. The predicted molar refractivity (Wildman–Crippen MR) is 92.7 cm³/mol. The van der Waals surface area contributed by atoms with Crippen LogP contribution in [-0.2, 0) is 4.79 Å². The Bertz CT molecular complexity index is 775. The molecule has 0 aliphatic rings. The van der Waals surface area contributed by atoms with Crippen molar-refractivity contribution in [2.75, 3.05) is 0 Å². The average Bonchev–Trinajstić information content (AvgIpc) is 2.50. The number of aryl methyl sites for hydroxylation is 2. The Morgan fingerprint density at radius 1 is 0.875 bits per heavy atom. The highest BCUT2D eigenvalue weighted by Crippen LogP contribution is 2.25. The number of rotatable bonds is 4. The third-order valence-corrected chi connectivity index (χ3v) is 3.73. The summed E-state index contributed by atoms with van der Waals surface area (Å²) in [5, 5.41) is 0. The molecule has 4 nitrogen and oxygen atoms in total. The van der Waals surface area contributed by atoms with Crippen molar-refractivity contribution < 1.29 is 19.1 Å². The smallest absolute Gasteiger partial charge is 0.343 e. The Balaban J connectivity index is 2.18. The standard InChI is InChI=1S/C20H22O4/c1-12(2)16-6-8-19(13(3)10-16)24-20(22)17-7-9-18(14(4)11-17)23-15(5)21/h6-12H,1-5H3. The van der Waals surface area contributed by atoms with Crippen LogP contribution in [0.3, 0.4) is 0 Å². The largest absolute Gasteiger partial charge is 0.426 e. The Hall–Kier alpha value is -2.62. The van der Waals surface area contributed by atoms with Gasteiger partial charge in [0.25, 0.3) is 0 Å². The van der Waals surface area contributed by atoms with Gasteiger partial charge >= 0.3 is 11.9 Å². The zero-order valence-electron chi connectivity index (χ0n) is 14.7. The number of carbonyl (C=O) groups is 2. The highest BCUT2D eigenvalue weighted by atomic mass is 16.5. The second kappa shape index (κ2) is 7.30. The van der Waals surface area contributed by atoms with E-state index in [0.717, 1.165) is 5.56 Å². The molecule has 0 bridgehead atoms. The molecule has 0 atom stereocenters. The molecule has 0 saturated heterocycles. The van der Waals surface area contributed by atoms with Crippen molar-refractivity contribution in [3.8, 4) is 11.5 Å². The van der Waals surface area contributed by atoms with Crippen LogP contribution in [-0.4, -0.2) is 11.9 Å². The zero-order valence-corrected chi connectivity index (χ0v) is 14.7. The number of hydrogen-bond donors (Lipinski definition) is 0. The van der Waals surface area contributed by atoms with Crippen LogP contribution in [0.25, 0.3) is 0 Å². The Morgan fingerprint density at radius 2 is 1.46 bits per heavy atom. The molecule has 2 rings (SSSR count). The fourth-order valence-corrected chi connectivity index (χ4v) is 2.35. The summed E-state index contributed by atoms with van der Waals surface area (Å²) in [5.41, 5.74) is 3.24. The molecular weight excluding hydrogens is 304 g/mol. The Morgan fingerprint density at radius 3 is 2.00 bits per heavy atom. The lowest BCUT2D eigenvalue weighted by Crippen LogP contribution is -2.10. The molecule has 0 saturated carbocycles. The van der Waals surface area contributed by atoms with Crippen LogP contribution in [0.15, 0.2) is 36.4 Å². The van der Waals surface area contributed by atoms with Gasteiger partial charge in [0.05, 0.1) is 5.56 Å². The van der Waals surface area contributed by atoms with E-state index in [4.69, 9.17) is 9.47 Å². The van der Waals surface area contributed by atoms with Gasteiger partial charge in [-0.15, -0.1) is 0 Å². The third-order valence-electron chi connectivity index (χ3n) is 3.73. The van der Waals surface area contributed by atoms with Crippen LogP contribution in [0.5, 0.6) is 11.5 Å². The van der Waals surface area contributed by atoms with Crippen LogP contribution >= 0.6 is 0 Å². The molecule has 0 aliphatic heterocycles. The molecule has 126 valence electrons. The molecule has 0 spiro atoms. The average molecular weight is 326 g/mol. The van der Waals surface area contributed by atoms with E-state index in [1.54, 1.807) is 25.1 Å². The van der Waals surface area contributed by atoms with Gasteiger partial charge in [-0.3, -0.25) is 4.79 Å². The minimum Gasteiger partial charge on any atom is -0.426 e. The lowest BCUT2D eigenvalue weighted by atomic mass is 10.0. The molecule has 0 aromatic heterocycles. The van der Waals surface area contributed by atoms with E-state index in [-0.39, 0.29) is 0 Å². The van der Waals surface area contributed by atoms with Gasteiger partial charge in [-0.25, -0.2) is 4.79 Å². The number of esters is 2. The van der Waals surface area contributed by atoms with E-state index in [9.17, 15) is 9.59 Å². The first kappa shape index (κ1) is 17.7. The van der Waals surface area contributed by atoms with Crippen LogP contribution in [0.2, 0.25) is 0 Å². The van der Waals surface area contributed by atoms with E-state index in [0.29, 0.717) is 28.5 Å². The molecule has 0 unspecified atom stereocenters. The topological polar surface area (TPSA) is 52.6 Å². The zero-order chi connectivity index (χ0) is 17.9. The molecule has 0 N–H and O–H groups in total. The summed E-state index contributed by atoms with van der Waals surface area (Å²) >= 11 is 0. The lowest BCUT2D eigenvalue weighted by molar-refractivity contribution is -0.131. The van der Waals surface area contributed by atoms with E-state index < -0.39 is 11.9 Å². The minimum absolute atomic E-state index is 0.394. The van der Waals surface area contributed by atoms with Gasteiger partial charge in [0.1, 0.15) is 11.5 Å².